The molecule has 3 rings (SSSR count). The monoisotopic (exact) mass is 233 g/mol. The second-order valence-corrected chi connectivity index (χ2v) is 6.57. The first kappa shape index (κ1) is 11.8. The van der Waals surface area contributed by atoms with Crippen LogP contribution in [-0.2, 0) is 0 Å². The van der Waals surface area contributed by atoms with E-state index in [1.165, 1.54) is 70.8 Å². The van der Waals surface area contributed by atoms with Crippen LogP contribution in [-0.4, -0.2) is 12.6 Å². The van der Waals surface area contributed by atoms with Crippen LogP contribution in [0.5, 0.6) is 0 Å². The Morgan fingerprint density at radius 2 is 1.88 bits per heavy atom. The fourth-order valence-electron chi connectivity index (χ4n) is 4.22. The summed E-state index contributed by atoms with van der Waals surface area (Å²) in [6, 6.07) is 0.869. The quantitative estimate of drug-likeness (QED) is 0.725. The van der Waals surface area contributed by atoms with Gasteiger partial charge in [0, 0.05) is 6.04 Å². The molecule has 17 heavy (non-hydrogen) atoms. The zero-order valence-electron chi connectivity index (χ0n) is 11.1. The second kappa shape index (κ2) is 5.14. The highest BCUT2D eigenvalue weighted by atomic mass is 15.0. The highest BCUT2D eigenvalue weighted by molar-refractivity contribution is 5.02. The molecular formula is C16H27N. The topological polar surface area (TPSA) is 12.0 Å². The van der Waals surface area contributed by atoms with Gasteiger partial charge in [0.25, 0.3) is 0 Å². The Kier molecular flexibility index (Phi) is 3.56. The van der Waals surface area contributed by atoms with E-state index >= 15 is 0 Å². The second-order valence-electron chi connectivity index (χ2n) is 6.57. The van der Waals surface area contributed by atoms with Gasteiger partial charge in [-0.05, 0) is 62.8 Å². The van der Waals surface area contributed by atoms with Crippen LogP contribution in [0.15, 0.2) is 12.2 Å². The third kappa shape index (κ3) is 2.45. The normalized spacial score (nSPS) is 35.8. The minimum absolute atomic E-state index is 0.739. The van der Waals surface area contributed by atoms with E-state index in [2.05, 4.69) is 17.5 Å². The van der Waals surface area contributed by atoms with Gasteiger partial charge in [0.15, 0.2) is 0 Å². The van der Waals surface area contributed by atoms with Gasteiger partial charge in [-0.1, -0.05) is 31.4 Å². The highest BCUT2D eigenvalue weighted by Crippen LogP contribution is 2.51. The third-order valence-corrected chi connectivity index (χ3v) is 5.55. The van der Waals surface area contributed by atoms with Crippen LogP contribution in [0.25, 0.3) is 0 Å². The maximum absolute atomic E-state index is 3.92. The molecule has 2 saturated carbocycles. The van der Waals surface area contributed by atoms with E-state index in [0.29, 0.717) is 0 Å². The van der Waals surface area contributed by atoms with Gasteiger partial charge in [0.2, 0.25) is 0 Å². The molecule has 0 saturated heterocycles. The van der Waals surface area contributed by atoms with E-state index in [4.69, 9.17) is 0 Å². The lowest BCUT2D eigenvalue weighted by Gasteiger charge is -2.53. The van der Waals surface area contributed by atoms with Crippen LogP contribution in [0.1, 0.15) is 64.2 Å². The molecule has 0 bridgehead atoms. The van der Waals surface area contributed by atoms with Gasteiger partial charge in [0.05, 0.1) is 0 Å². The van der Waals surface area contributed by atoms with Gasteiger partial charge < -0.3 is 5.32 Å². The number of hydrogen-bond acceptors (Lipinski definition) is 1. The Hall–Kier alpha value is -0.300. The van der Waals surface area contributed by atoms with Crippen molar-refractivity contribution >= 4 is 0 Å². The van der Waals surface area contributed by atoms with Crippen LogP contribution in [0.2, 0.25) is 0 Å². The standard InChI is InChI=1S/C16H27N/c1-3-7-14(8-4-1)13-17-15-9-12-16(15)10-5-2-6-11-16/h1,3,14-15,17H,2,4-13H2. The molecule has 1 nitrogen and oxygen atoms in total. The Morgan fingerprint density at radius 1 is 1.00 bits per heavy atom. The fraction of sp³-hybridized carbons (Fsp3) is 0.875. The van der Waals surface area contributed by atoms with Crippen LogP contribution < -0.4 is 5.32 Å². The van der Waals surface area contributed by atoms with Crippen molar-refractivity contribution in [1.82, 2.24) is 5.32 Å². The molecule has 2 unspecified atom stereocenters. The summed E-state index contributed by atoms with van der Waals surface area (Å²) >= 11 is 0. The van der Waals surface area contributed by atoms with Crippen molar-refractivity contribution in [2.24, 2.45) is 11.3 Å². The van der Waals surface area contributed by atoms with Gasteiger partial charge in [-0.25, -0.2) is 0 Å². The molecule has 0 radical (unpaired) electrons. The van der Waals surface area contributed by atoms with Crippen molar-refractivity contribution in [1.29, 1.82) is 0 Å². The molecule has 0 heterocycles. The largest absolute Gasteiger partial charge is 0.313 e. The number of hydrogen-bond donors (Lipinski definition) is 1. The van der Waals surface area contributed by atoms with Crippen LogP contribution >= 0.6 is 0 Å². The van der Waals surface area contributed by atoms with Crippen molar-refractivity contribution in [3.63, 3.8) is 0 Å². The first-order valence-corrected chi connectivity index (χ1v) is 7.77. The van der Waals surface area contributed by atoms with E-state index in [9.17, 15) is 0 Å². The summed E-state index contributed by atoms with van der Waals surface area (Å²) < 4.78 is 0. The molecule has 0 aromatic heterocycles. The minimum atomic E-state index is 0.739. The first-order chi connectivity index (χ1) is 8.39. The van der Waals surface area contributed by atoms with E-state index in [-0.39, 0.29) is 0 Å². The Bertz CT molecular complexity index is 275. The average Bonchev–Trinajstić information content (AvgIpc) is 2.40. The summed E-state index contributed by atoms with van der Waals surface area (Å²) in [6.45, 7) is 1.27. The molecule has 0 aromatic rings. The van der Waals surface area contributed by atoms with E-state index in [0.717, 1.165) is 17.4 Å². The van der Waals surface area contributed by atoms with Crippen molar-refractivity contribution in [3.05, 3.63) is 12.2 Å². The maximum Gasteiger partial charge on any atom is 0.0124 e. The third-order valence-electron chi connectivity index (χ3n) is 5.55. The SMILES string of the molecule is C1=CCC(CNC2CCC23CCCCC3)CC1. The predicted octanol–water partition coefficient (Wildman–Crippen LogP) is 4.05. The van der Waals surface area contributed by atoms with Crippen molar-refractivity contribution in [2.75, 3.05) is 6.54 Å². The van der Waals surface area contributed by atoms with Gasteiger partial charge in [-0.3, -0.25) is 0 Å². The fourth-order valence-corrected chi connectivity index (χ4v) is 4.22. The van der Waals surface area contributed by atoms with Crippen LogP contribution in [0, 0.1) is 11.3 Å². The van der Waals surface area contributed by atoms with Crippen molar-refractivity contribution < 1.29 is 0 Å². The molecule has 0 amide bonds. The summed E-state index contributed by atoms with van der Waals surface area (Å²) in [7, 11) is 0. The summed E-state index contributed by atoms with van der Waals surface area (Å²) in [5.74, 6) is 0.918. The zero-order valence-corrected chi connectivity index (χ0v) is 11.1. The highest BCUT2D eigenvalue weighted by Gasteiger charge is 2.46. The molecule has 0 aromatic carbocycles. The minimum Gasteiger partial charge on any atom is -0.313 e. The Morgan fingerprint density at radius 3 is 2.53 bits per heavy atom. The molecule has 0 aliphatic heterocycles. The molecule has 2 atom stereocenters. The number of rotatable bonds is 3. The molecular weight excluding hydrogens is 206 g/mol. The smallest absolute Gasteiger partial charge is 0.0124 e. The average molecular weight is 233 g/mol. The van der Waals surface area contributed by atoms with Gasteiger partial charge >= 0.3 is 0 Å². The lowest BCUT2D eigenvalue weighted by molar-refractivity contribution is 0.0208. The van der Waals surface area contributed by atoms with E-state index < -0.39 is 0 Å². The van der Waals surface area contributed by atoms with Gasteiger partial charge in [-0.2, -0.15) is 0 Å². The van der Waals surface area contributed by atoms with Crippen molar-refractivity contribution in [2.45, 2.75) is 70.3 Å². The molecule has 1 N–H and O–H groups in total. The van der Waals surface area contributed by atoms with Gasteiger partial charge in [0.1, 0.15) is 0 Å². The molecule has 1 heteroatoms. The Balaban J connectivity index is 1.47. The lowest BCUT2D eigenvalue weighted by Crippen LogP contribution is -2.55. The van der Waals surface area contributed by atoms with Gasteiger partial charge in [-0.15, -0.1) is 0 Å². The Labute approximate surface area is 106 Å². The van der Waals surface area contributed by atoms with Crippen LogP contribution in [0.4, 0.5) is 0 Å². The lowest BCUT2D eigenvalue weighted by atomic mass is 9.57. The van der Waals surface area contributed by atoms with Crippen LogP contribution in [0.3, 0.4) is 0 Å². The first-order valence-electron chi connectivity index (χ1n) is 7.77. The maximum atomic E-state index is 3.92. The molecule has 1 spiro atoms. The molecule has 3 aliphatic carbocycles. The molecule has 2 fully saturated rings. The summed E-state index contributed by atoms with van der Waals surface area (Å²) in [5.41, 5.74) is 0.739. The number of nitrogens with one attached hydrogen (secondary N) is 1. The molecule has 96 valence electrons. The van der Waals surface area contributed by atoms with E-state index in [1.807, 2.05) is 0 Å². The predicted molar refractivity (Wildman–Crippen MR) is 73.0 cm³/mol. The van der Waals surface area contributed by atoms with Crippen molar-refractivity contribution in [3.8, 4) is 0 Å². The number of allylic oxidation sites excluding steroid dienone is 2. The summed E-state index contributed by atoms with van der Waals surface area (Å²) in [5, 5.41) is 3.92. The van der Waals surface area contributed by atoms with E-state index in [1.54, 1.807) is 0 Å². The molecule has 3 aliphatic rings. The summed E-state index contributed by atoms with van der Waals surface area (Å²) in [6.07, 6.45) is 19.2. The summed E-state index contributed by atoms with van der Waals surface area (Å²) in [4.78, 5) is 0. The zero-order chi connectivity index (χ0) is 11.6.